The third-order valence-electron chi connectivity index (χ3n) is 4.40. The van der Waals surface area contributed by atoms with Gasteiger partial charge in [-0.2, -0.15) is 0 Å². The molecule has 0 saturated heterocycles. The first-order valence-electron chi connectivity index (χ1n) is 8.45. The monoisotopic (exact) mass is 341 g/mol. The predicted octanol–water partition coefficient (Wildman–Crippen LogP) is 2.63. The number of nitrogens with one attached hydrogen (secondary N) is 1. The second-order valence-electron chi connectivity index (χ2n) is 6.24. The zero-order valence-electron chi connectivity index (χ0n) is 14.3. The summed E-state index contributed by atoms with van der Waals surface area (Å²) in [5.74, 6) is 1.87. The Labute approximate surface area is 147 Å². The van der Waals surface area contributed by atoms with Crippen molar-refractivity contribution in [1.82, 2.24) is 10.3 Å². The Morgan fingerprint density at radius 1 is 1.28 bits per heavy atom. The van der Waals surface area contributed by atoms with Crippen molar-refractivity contribution >= 4 is 5.91 Å². The molecule has 2 aromatic rings. The number of hydrogen-bond acceptors (Lipinski definition) is 5. The first-order chi connectivity index (χ1) is 12.2. The number of benzene rings is 1. The van der Waals surface area contributed by atoms with E-state index in [1.54, 1.807) is 19.4 Å². The maximum Gasteiger partial charge on any atom is 0.224 e. The highest BCUT2D eigenvalue weighted by Crippen LogP contribution is 2.27. The highest BCUT2D eigenvalue weighted by atomic mass is 16.5. The molecule has 3 rings (SSSR count). The molecule has 0 radical (unpaired) electrons. The Balaban J connectivity index is 1.65. The predicted molar refractivity (Wildman–Crippen MR) is 94.5 cm³/mol. The number of methoxy groups -OCH3 is 1. The van der Waals surface area contributed by atoms with Crippen molar-refractivity contribution in [3.8, 4) is 17.4 Å². The third-order valence-corrected chi connectivity index (χ3v) is 4.40. The van der Waals surface area contributed by atoms with Gasteiger partial charge in [0.1, 0.15) is 11.5 Å². The van der Waals surface area contributed by atoms with Gasteiger partial charge in [-0.25, -0.2) is 4.98 Å². The van der Waals surface area contributed by atoms with Crippen LogP contribution < -0.4 is 20.5 Å². The number of rotatable bonds is 6. The van der Waals surface area contributed by atoms with E-state index in [1.165, 1.54) is 0 Å². The van der Waals surface area contributed by atoms with Crippen LogP contribution in [0.1, 0.15) is 24.8 Å². The van der Waals surface area contributed by atoms with Crippen LogP contribution in [0.15, 0.2) is 42.6 Å². The summed E-state index contributed by atoms with van der Waals surface area (Å²) in [5.41, 5.74) is 6.70. The van der Waals surface area contributed by atoms with Crippen LogP contribution in [0.2, 0.25) is 0 Å². The average Bonchev–Trinajstić information content (AvgIpc) is 3.07. The van der Waals surface area contributed by atoms with Gasteiger partial charge in [0.25, 0.3) is 0 Å². The molecule has 25 heavy (non-hydrogen) atoms. The Kier molecular flexibility index (Phi) is 5.50. The Morgan fingerprint density at radius 2 is 2.12 bits per heavy atom. The molecule has 1 aromatic carbocycles. The van der Waals surface area contributed by atoms with Crippen molar-refractivity contribution < 1.29 is 14.3 Å². The normalized spacial score (nSPS) is 19.4. The molecule has 6 nitrogen and oxygen atoms in total. The van der Waals surface area contributed by atoms with Gasteiger partial charge in [-0.15, -0.1) is 0 Å². The van der Waals surface area contributed by atoms with Gasteiger partial charge in [-0.3, -0.25) is 4.79 Å². The van der Waals surface area contributed by atoms with Gasteiger partial charge < -0.3 is 20.5 Å². The van der Waals surface area contributed by atoms with E-state index < -0.39 is 0 Å². The standard InChI is InChI=1S/C19H23N3O3/c1-24-16-5-2-6-17(11-16)25-19-14(4-3-9-21-19)12-22-18(23)13-7-8-15(20)10-13/h2-6,9,11,13,15H,7-8,10,12,20H2,1H3,(H,22,23). The van der Waals surface area contributed by atoms with Gasteiger partial charge in [0.15, 0.2) is 0 Å². The molecular formula is C19H23N3O3. The summed E-state index contributed by atoms with van der Waals surface area (Å²) in [7, 11) is 1.61. The van der Waals surface area contributed by atoms with Crippen molar-refractivity contribution in [3.05, 3.63) is 48.2 Å². The molecule has 0 spiro atoms. The van der Waals surface area contributed by atoms with Crippen LogP contribution in [0.3, 0.4) is 0 Å². The van der Waals surface area contributed by atoms with Crippen LogP contribution in [0, 0.1) is 5.92 Å². The highest BCUT2D eigenvalue weighted by molar-refractivity contribution is 5.79. The van der Waals surface area contributed by atoms with E-state index >= 15 is 0 Å². The number of hydrogen-bond donors (Lipinski definition) is 2. The number of amides is 1. The van der Waals surface area contributed by atoms with E-state index in [1.807, 2.05) is 30.3 Å². The summed E-state index contributed by atoms with van der Waals surface area (Å²) < 4.78 is 11.1. The largest absolute Gasteiger partial charge is 0.497 e. The van der Waals surface area contributed by atoms with E-state index in [-0.39, 0.29) is 17.9 Å². The highest BCUT2D eigenvalue weighted by Gasteiger charge is 2.27. The SMILES string of the molecule is COc1cccc(Oc2ncccc2CNC(=O)C2CCC(N)C2)c1. The van der Waals surface area contributed by atoms with Crippen LogP contribution in [-0.4, -0.2) is 24.0 Å². The molecule has 2 unspecified atom stereocenters. The maximum atomic E-state index is 12.3. The van der Waals surface area contributed by atoms with Crippen molar-refractivity contribution in [1.29, 1.82) is 0 Å². The van der Waals surface area contributed by atoms with Crippen molar-refractivity contribution in [2.75, 3.05) is 7.11 Å². The molecule has 1 heterocycles. The van der Waals surface area contributed by atoms with E-state index in [9.17, 15) is 4.79 Å². The van der Waals surface area contributed by atoms with E-state index in [0.29, 0.717) is 23.9 Å². The zero-order chi connectivity index (χ0) is 17.6. The van der Waals surface area contributed by atoms with Crippen molar-refractivity contribution in [2.45, 2.75) is 31.8 Å². The second kappa shape index (κ2) is 7.98. The first-order valence-corrected chi connectivity index (χ1v) is 8.45. The van der Waals surface area contributed by atoms with E-state index in [2.05, 4.69) is 10.3 Å². The molecule has 0 bridgehead atoms. The fraction of sp³-hybridized carbons (Fsp3) is 0.368. The molecule has 1 aromatic heterocycles. The van der Waals surface area contributed by atoms with Crippen LogP contribution in [0.25, 0.3) is 0 Å². The molecule has 0 aliphatic heterocycles. The van der Waals surface area contributed by atoms with Gasteiger partial charge in [0, 0.05) is 36.3 Å². The molecule has 1 aliphatic carbocycles. The summed E-state index contributed by atoms with van der Waals surface area (Å²) >= 11 is 0. The van der Waals surface area contributed by atoms with Gasteiger partial charge in [-0.1, -0.05) is 12.1 Å². The fourth-order valence-corrected chi connectivity index (χ4v) is 3.01. The zero-order valence-corrected chi connectivity index (χ0v) is 14.3. The lowest BCUT2D eigenvalue weighted by Gasteiger charge is -2.13. The minimum atomic E-state index is 0.00873. The number of aromatic nitrogens is 1. The third kappa shape index (κ3) is 4.48. The molecule has 1 aliphatic rings. The fourth-order valence-electron chi connectivity index (χ4n) is 3.01. The average molecular weight is 341 g/mol. The Hall–Kier alpha value is -2.60. The lowest BCUT2D eigenvalue weighted by Crippen LogP contribution is -2.30. The van der Waals surface area contributed by atoms with Crippen LogP contribution >= 0.6 is 0 Å². The maximum absolute atomic E-state index is 12.3. The number of carbonyl (C=O) groups excluding carboxylic acids is 1. The first kappa shape index (κ1) is 17.2. The second-order valence-corrected chi connectivity index (χ2v) is 6.24. The Bertz CT molecular complexity index is 735. The molecular weight excluding hydrogens is 318 g/mol. The number of ether oxygens (including phenoxy) is 2. The molecule has 132 valence electrons. The smallest absolute Gasteiger partial charge is 0.224 e. The number of nitrogens with zero attached hydrogens (tertiary/aromatic N) is 1. The quantitative estimate of drug-likeness (QED) is 0.843. The molecule has 6 heteroatoms. The minimum Gasteiger partial charge on any atom is -0.497 e. The lowest BCUT2D eigenvalue weighted by molar-refractivity contribution is -0.125. The van der Waals surface area contributed by atoms with Crippen LogP contribution in [0.4, 0.5) is 0 Å². The van der Waals surface area contributed by atoms with Gasteiger partial charge >= 0.3 is 0 Å². The van der Waals surface area contributed by atoms with Crippen molar-refractivity contribution in [2.24, 2.45) is 11.7 Å². The van der Waals surface area contributed by atoms with Crippen molar-refractivity contribution in [3.63, 3.8) is 0 Å². The summed E-state index contributed by atoms with van der Waals surface area (Å²) in [6.07, 6.45) is 4.19. The minimum absolute atomic E-state index is 0.00873. The number of nitrogens with two attached hydrogens (primary N) is 1. The lowest BCUT2D eigenvalue weighted by atomic mass is 10.1. The van der Waals surface area contributed by atoms with Gasteiger partial charge in [0.05, 0.1) is 7.11 Å². The summed E-state index contributed by atoms with van der Waals surface area (Å²) in [6.45, 7) is 0.373. The van der Waals surface area contributed by atoms with Gasteiger partial charge in [0.2, 0.25) is 11.8 Å². The van der Waals surface area contributed by atoms with Crippen LogP contribution in [0.5, 0.6) is 17.4 Å². The van der Waals surface area contributed by atoms with Crippen LogP contribution in [-0.2, 0) is 11.3 Å². The van der Waals surface area contributed by atoms with E-state index in [4.69, 9.17) is 15.2 Å². The number of pyridine rings is 1. The summed E-state index contributed by atoms with van der Waals surface area (Å²) in [5, 5.41) is 2.97. The number of carbonyl (C=O) groups is 1. The van der Waals surface area contributed by atoms with E-state index in [0.717, 1.165) is 24.8 Å². The summed E-state index contributed by atoms with van der Waals surface area (Å²) in [4.78, 5) is 16.6. The molecule has 1 amide bonds. The molecule has 3 N–H and O–H groups in total. The molecule has 2 atom stereocenters. The Morgan fingerprint density at radius 3 is 2.88 bits per heavy atom. The van der Waals surface area contributed by atoms with Gasteiger partial charge in [-0.05, 0) is 37.5 Å². The summed E-state index contributed by atoms with van der Waals surface area (Å²) in [6, 6.07) is 11.2. The molecule has 1 fully saturated rings. The molecule has 1 saturated carbocycles. The topological polar surface area (TPSA) is 86.5 Å².